The van der Waals surface area contributed by atoms with Crippen molar-refractivity contribution in [1.29, 1.82) is 0 Å². The Balaban J connectivity index is 2.64. The van der Waals surface area contributed by atoms with Gasteiger partial charge in [0, 0.05) is 23.2 Å². The fraction of sp³-hybridized carbons (Fsp3) is 0.625. The second kappa shape index (κ2) is 8.44. The maximum absolute atomic E-state index is 6.25. The minimum absolute atomic E-state index is 0.538. The summed E-state index contributed by atoms with van der Waals surface area (Å²) >= 11 is 6.25. The molecule has 0 fully saturated rings. The number of nitrogens with one attached hydrogen (secondary N) is 1. The fourth-order valence-corrected chi connectivity index (χ4v) is 2.43. The van der Waals surface area contributed by atoms with E-state index in [1.54, 1.807) is 7.11 Å². The molecular formula is C16H26ClNO. The zero-order chi connectivity index (χ0) is 14.3. The van der Waals surface area contributed by atoms with E-state index in [1.165, 1.54) is 12.8 Å². The van der Waals surface area contributed by atoms with Gasteiger partial charge < -0.3 is 10.1 Å². The van der Waals surface area contributed by atoms with Gasteiger partial charge in [0.15, 0.2) is 0 Å². The third-order valence-electron chi connectivity index (χ3n) is 3.74. The van der Waals surface area contributed by atoms with Gasteiger partial charge >= 0.3 is 0 Å². The van der Waals surface area contributed by atoms with Crippen LogP contribution in [0.25, 0.3) is 0 Å². The Morgan fingerprint density at radius 1 is 1.26 bits per heavy atom. The maximum atomic E-state index is 6.25. The molecule has 0 aliphatic carbocycles. The second-order valence-corrected chi connectivity index (χ2v) is 5.56. The number of hydrogen-bond donors (Lipinski definition) is 1. The molecule has 0 aromatic heterocycles. The van der Waals surface area contributed by atoms with Crippen LogP contribution in [0.5, 0.6) is 5.75 Å². The summed E-state index contributed by atoms with van der Waals surface area (Å²) in [5.41, 5.74) is 1.05. The molecule has 0 aliphatic rings. The molecule has 0 bridgehead atoms. The fourth-order valence-electron chi connectivity index (χ4n) is 2.19. The van der Waals surface area contributed by atoms with Crippen LogP contribution in [-0.4, -0.2) is 13.2 Å². The summed E-state index contributed by atoms with van der Waals surface area (Å²) in [6.45, 7) is 7.54. The van der Waals surface area contributed by atoms with Gasteiger partial charge in [0.05, 0.1) is 7.11 Å². The highest BCUT2D eigenvalue weighted by Gasteiger charge is 2.12. The maximum Gasteiger partial charge on any atom is 0.124 e. The van der Waals surface area contributed by atoms with E-state index in [9.17, 15) is 0 Å². The van der Waals surface area contributed by atoms with E-state index >= 15 is 0 Å². The van der Waals surface area contributed by atoms with Crippen LogP contribution in [0.3, 0.4) is 0 Å². The topological polar surface area (TPSA) is 21.3 Å². The van der Waals surface area contributed by atoms with Crippen molar-refractivity contribution < 1.29 is 4.74 Å². The molecule has 2 atom stereocenters. The molecule has 3 heteroatoms. The highest BCUT2D eigenvalue weighted by Crippen LogP contribution is 2.26. The third-order valence-corrected chi connectivity index (χ3v) is 4.09. The van der Waals surface area contributed by atoms with E-state index < -0.39 is 0 Å². The van der Waals surface area contributed by atoms with E-state index in [4.69, 9.17) is 16.3 Å². The van der Waals surface area contributed by atoms with E-state index in [2.05, 4.69) is 26.1 Å². The first-order valence-electron chi connectivity index (χ1n) is 7.17. The monoisotopic (exact) mass is 283 g/mol. The predicted octanol–water partition coefficient (Wildman–Crippen LogP) is 4.65. The highest BCUT2D eigenvalue weighted by molar-refractivity contribution is 6.31. The van der Waals surface area contributed by atoms with E-state index in [-0.39, 0.29) is 0 Å². The van der Waals surface area contributed by atoms with Gasteiger partial charge in [0.25, 0.3) is 0 Å². The van der Waals surface area contributed by atoms with E-state index in [0.29, 0.717) is 6.04 Å². The van der Waals surface area contributed by atoms with Gasteiger partial charge in [-0.2, -0.15) is 0 Å². The Kier molecular flexibility index (Phi) is 7.25. The van der Waals surface area contributed by atoms with Crippen molar-refractivity contribution in [2.24, 2.45) is 5.92 Å². The second-order valence-electron chi connectivity index (χ2n) is 5.16. The lowest BCUT2D eigenvalue weighted by molar-refractivity contribution is 0.375. The number of rotatable bonds is 8. The Labute approximate surface area is 122 Å². The SMILES string of the molecule is CCC(C)CC(CC)NCc1c(Cl)cccc1OC. The number of methoxy groups -OCH3 is 1. The number of ether oxygens (including phenoxy) is 1. The summed E-state index contributed by atoms with van der Waals surface area (Å²) in [6.07, 6.45) is 3.57. The van der Waals surface area contributed by atoms with Gasteiger partial charge in [-0.1, -0.05) is 44.9 Å². The van der Waals surface area contributed by atoms with Crippen LogP contribution >= 0.6 is 11.6 Å². The summed E-state index contributed by atoms with van der Waals surface area (Å²) in [6, 6.07) is 6.33. The first kappa shape index (κ1) is 16.3. The van der Waals surface area contributed by atoms with Crippen LogP contribution in [0, 0.1) is 5.92 Å². The summed E-state index contributed by atoms with van der Waals surface area (Å²) in [4.78, 5) is 0. The molecule has 1 rings (SSSR count). The van der Waals surface area contributed by atoms with Crippen molar-refractivity contribution >= 4 is 11.6 Å². The number of hydrogen-bond acceptors (Lipinski definition) is 2. The molecule has 0 aliphatic heterocycles. The molecule has 0 saturated carbocycles. The van der Waals surface area contributed by atoms with Crippen LogP contribution in [0.2, 0.25) is 5.02 Å². The summed E-state index contributed by atoms with van der Waals surface area (Å²) < 4.78 is 5.37. The minimum atomic E-state index is 0.538. The van der Waals surface area contributed by atoms with E-state index in [0.717, 1.165) is 35.2 Å². The average Bonchev–Trinajstić information content (AvgIpc) is 2.43. The number of halogens is 1. The van der Waals surface area contributed by atoms with E-state index in [1.807, 2.05) is 18.2 Å². The lowest BCUT2D eigenvalue weighted by Crippen LogP contribution is -2.29. The molecule has 0 saturated heterocycles. The molecule has 108 valence electrons. The van der Waals surface area contributed by atoms with Crippen molar-refractivity contribution in [2.45, 2.75) is 52.6 Å². The molecule has 2 nitrogen and oxygen atoms in total. The smallest absolute Gasteiger partial charge is 0.124 e. The minimum Gasteiger partial charge on any atom is -0.496 e. The zero-order valence-corrected chi connectivity index (χ0v) is 13.3. The number of benzene rings is 1. The summed E-state index contributed by atoms with van der Waals surface area (Å²) in [7, 11) is 1.69. The first-order valence-corrected chi connectivity index (χ1v) is 7.54. The molecule has 0 amide bonds. The summed E-state index contributed by atoms with van der Waals surface area (Å²) in [5.74, 6) is 1.61. The van der Waals surface area contributed by atoms with Crippen molar-refractivity contribution in [1.82, 2.24) is 5.32 Å². The molecule has 0 radical (unpaired) electrons. The lowest BCUT2D eigenvalue weighted by atomic mass is 9.97. The van der Waals surface area contributed by atoms with Crippen LogP contribution in [0.15, 0.2) is 18.2 Å². The van der Waals surface area contributed by atoms with Gasteiger partial charge in [0.1, 0.15) is 5.75 Å². The van der Waals surface area contributed by atoms with Gasteiger partial charge in [0.2, 0.25) is 0 Å². The van der Waals surface area contributed by atoms with Crippen molar-refractivity contribution in [2.75, 3.05) is 7.11 Å². The van der Waals surface area contributed by atoms with Gasteiger partial charge in [-0.15, -0.1) is 0 Å². The Bertz CT molecular complexity index is 381. The molecule has 1 aromatic rings. The van der Waals surface area contributed by atoms with Crippen LogP contribution in [0.1, 0.15) is 45.6 Å². The molecule has 1 N–H and O–H groups in total. The van der Waals surface area contributed by atoms with Crippen LogP contribution < -0.4 is 10.1 Å². The third kappa shape index (κ3) is 5.04. The molecule has 0 spiro atoms. The molecule has 0 heterocycles. The zero-order valence-electron chi connectivity index (χ0n) is 12.5. The van der Waals surface area contributed by atoms with Crippen molar-refractivity contribution in [3.63, 3.8) is 0 Å². The largest absolute Gasteiger partial charge is 0.496 e. The van der Waals surface area contributed by atoms with Gasteiger partial charge in [-0.3, -0.25) is 0 Å². The van der Waals surface area contributed by atoms with Crippen LogP contribution in [-0.2, 0) is 6.54 Å². The molecule has 19 heavy (non-hydrogen) atoms. The molecule has 1 aromatic carbocycles. The first-order chi connectivity index (χ1) is 9.12. The van der Waals surface area contributed by atoms with Gasteiger partial charge in [-0.05, 0) is 30.9 Å². The van der Waals surface area contributed by atoms with Crippen molar-refractivity contribution in [3.05, 3.63) is 28.8 Å². The molecule has 2 unspecified atom stereocenters. The Morgan fingerprint density at radius 3 is 2.58 bits per heavy atom. The summed E-state index contributed by atoms with van der Waals surface area (Å²) in [5, 5.41) is 4.37. The molecular weight excluding hydrogens is 258 g/mol. The quantitative estimate of drug-likeness (QED) is 0.750. The van der Waals surface area contributed by atoms with Crippen molar-refractivity contribution in [3.8, 4) is 5.75 Å². The standard InChI is InChI=1S/C16H26ClNO/c1-5-12(3)10-13(6-2)18-11-14-15(17)8-7-9-16(14)19-4/h7-9,12-13,18H,5-6,10-11H2,1-4H3. The van der Waals surface area contributed by atoms with Crippen LogP contribution in [0.4, 0.5) is 0 Å². The highest BCUT2D eigenvalue weighted by atomic mass is 35.5. The normalized spacial score (nSPS) is 14.2. The average molecular weight is 284 g/mol. The Hall–Kier alpha value is -0.730. The lowest BCUT2D eigenvalue weighted by Gasteiger charge is -2.21. The Morgan fingerprint density at radius 2 is 2.00 bits per heavy atom. The van der Waals surface area contributed by atoms with Gasteiger partial charge in [-0.25, -0.2) is 0 Å². The predicted molar refractivity (Wildman–Crippen MR) is 83.0 cm³/mol.